The van der Waals surface area contributed by atoms with E-state index in [1.165, 1.54) is 12.5 Å². The fraction of sp³-hybridized carbons (Fsp3) is 0.533. The first kappa shape index (κ1) is 14.5. The van der Waals surface area contributed by atoms with Gasteiger partial charge in [0.2, 0.25) is 0 Å². The zero-order valence-corrected chi connectivity index (χ0v) is 12.8. The maximum absolute atomic E-state index is 13.9. The Bertz CT molecular complexity index is 477. The maximum atomic E-state index is 13.9. The molecule has 2 nitrogen and oxygen atoms in total. The number of rotatable bonds is 2. The molecule has 0 spiro atoms. The van der Waals surface area contributed by atoms with Crippen LogP contribution in [0.2, 0.25) is 0 Å². The van der Waals surface area contributed by atoms with Gasteiger partial charge in [-0.15, -0.1) is 0 Å². The summed E-state index contributed by atoms with van der Waals surface area (Å²) in [6.07, 6.45) is 3.31. The number of carbonyl (C=O) groups excluding carboxylic acids is 1. The smallest absolute Gasteiger partial charge is 0.254 e. The molecule has 0 saturated heterocycles. The standard InChI is InChI=1S/C15H19BrFNO/c1-9-5-3-8-13(10(9)2)18-15(19)11-6-4-7-12(16)14(11)17/h4,6-7,9-10,13H,3,5,8H2,1-2H3,(H,18,19). The number of halogens is 2. The molecule has 0 heterocycles. The Balaban J connectivity index is 2.10. The van der Waals surface area contributed by atoms with Crippen molar-refractivity contribution in [2.24, 2.45) is 11.8 Å². The van der Waals surface area contributed by atoms with E-state index in [4.69, 9.17) is 0 Å². The van der Waals surface area contributed by atoms with Gasteiger partial charge in [0.1, 0.15) is 5.82 Å². The van der Waals surface area contributed by atoms with E-state index >= 15 is 0 Å². The molecular weight excluding hydrogens is 309 g/mol. The third-order valence-electron chi connectivity index (χ3n) is 4.22. The second kappa shape index (κ2) is 6.04. The Labute approximate surface area is 121 Å². The van der Waals surface area contributed by atoms with E-state index in [2.05, 4.69) is 35.1 Å². The molecule has 0 bridgehead atoms. The molecule has 1 aliphatic carbocycles. The van der Waals surface area contributed by atoms with Gasteiger partial charge in [-0.1, -0.05) is 32.8 Å². The van der Waals surface area contributed by atoms with E-state index < -0.39 is 5.82 Å². The first-order valence-electron chi connectivity index (χ1n) is 6.75. The van der Waals surface area contributed by atoms with Crippen molar-refractivity contribution in [1.29, 1.82) is 0 Å². The molecule has 0 aliphatic heterocycles. The van der Waals surface area contributed by atoms with Gasteiger partial charge in [-0.3, -0.25) is 4.79 Å². The highest BCUT2D eigenvalue weighted by Crippen LogP contribution is 2.30. The third kappa shape index (κ3) is 3.16. The summed E-state index contributed by atoms with van der Waals surface area (Å²) in [7, 11) is 0. The minimum Gasteiger partial charge on any atom is -0.349 e. The van der Waals surface area contributed by atoms with Crippen molar-refractivity contribution in [3.05, 3.63) is 34.1 Å². The van der Waals surface area contributed by atoms with Crippen LogP contribution in [0.3, 0.4) is 0 Å². The minimum atomic E-state index is -0.489. The molecule has 1 amide bonds. The summed E-state index contributed by atoms with van der Waals surface area (Å²) in [5, 5.41) is 2.98. The van der Waals surface area contributed by atoms with Crippen molar-refractivity contribution < 1.29 is 9.18 Å². The number of benzene rings is 1. The SMILES string of the molecule is CC1CCCC(NC(=O)c2cccc(Br)c2F)C1C. The molecular formula is C15H19BrFNO. The van der Waals surface area contributed by atoms with Crippen molar-refractivity contribution in [2.45, 2.75) is 39.2 Å². The van der Waals surface area contributed by atoms with Gasteiger partial charge in [0.15, 0.2) is 0 Å². The van der Waals surface area contributed by atoms with Crippen molar-refractivity contribution in [3.63, 3.8) is 0 Å². The number of hydrogen-bond donors (Lipinski definition) is 1. The molecule has 19 heavy (non-hydrogen) atoms. The maximum Gasteiger partial charge on any atom is 0.254 e. The van der Waals surface area contributed by atoms with Crippen molar-refractivity contribution in [1.82, 2.24) is 5.32 Å². The molecule has 2 rings (SSSR count). The molecule has 1 aromatic rings. The summed E-state index contributed by atoms with van der Waals surface area (Å²) in [5.41, 5.74) is 0.111. The second-order valence-electron chi connectivity index (χ2n) is 5.45. The molecule has 104 valence electrons. The molecule has 0 radical (unpaired) electrons. The van der Waals surface area contributed by atoms with Gasteiger partial charge in [-0.2, -0.15) is 0 Å². The number of hydrogen-bond acceptors (Lipinski definition) is 1. The average Bonchev–Trinajstić information content (AvgIpc) is 2.38. The lowest BCUT2D eigenvalue weighted by Gasteiger charge is -2.34. The predicted molar refractivity (Wildman–Crippen MR) is 77.5 cm³/mol. The molecule has 0 aromatic heterocycles. The summed E-state index contributed by atoms with van der Waals surface area (Å²) in [6, 6.07) is 4.94. The normalized spacial score (nSPS) is 27.1. The van der Waals surface area contributed by atoms with Gasteiger partial charge in [0.05, 0.1) is 10.0 Å². The van der Waals surface area contributed by atoms with Crippen molar-refractivity contribution >= 4 is 21.8 Å². The summed E-state index contributed by atoms with van der Waals surface area (Å²) < 4.78 is 14.2. The Morgan fingerprint density at radius 3 is 2.84 bits per heavy atom. The lowest BCUT2D eigenvalue weighted by atomic mass is 9.78. The van der Waals surface area contributed by atoms with Crippen LogP contribution >= 0.6 is 15.9 Å². The fourth-order valence-corrected chi connectivity index (χ4v) is 3.08. The van der Waals surface area contributed by atoms with Crippen LogP contribution in [0.5, 0.6) is 0 Å². The quantitative estimate of drug-likeness (QED) is 0.868. The van der Waals surface area contributed by atoms with Crippen LogP contribution in [0.4, 0.5) is 4.39 Å². The second-order valence-corrected chi connectivity index (χ2v) is 6.30. The molecule has 1 aliphatic rings. The van der Waals surface area contributed by atoms with Crippen LogP contribution in [0, 0.1) is 17.7 Å². The molecule has 1 saturated carbocycles. The van der Waals surface area contributed by atoms with Gasteiger partial charge in [-0.05, 0) is 46.3 Å². The van der Waals surface area contributed by atoms with E-state index in [0.717, 1.165) is 12.8 Å². The Kier molecular flexibility index (Phi) is 4.61. The molecule has 1 N–H and O–H groups in total. The zero-order chi connectivity index (χ0) is 14.0. The summed E-state index contributed by atoms with van der Waals surface area (Å²) in [4.78, 5) is 12.2. The number of amides is 1. The summed E-state index contributed by atoms with van der Waals surface area (Å²) in [6.45, 7) is 4.37. The van der Waals surface area contributed by atoms with Crippen LogP contribution in [0.15, 0.2) is 22.7 Å². The van der Waals surface area contributed by atoms with Crippen LogP contribution in [0.1, 0.15) is 43.5 Å². The highest BCUT2D eigenvalue weighted by atomic mass is 79.9. The Morgan fingerprint density at radius 2 is 2.11 bits per heavy atom. The van der Waals surface area contributed by atoms with Crippen LogP contribution in [-0.2, 0) is 0 Å². The van der Waals surface area contributed by atoms with Gasteiger partial charge in [0.25, 0.3) is 5.91 Å². The predicted octanol–water partition coefficient (Wildman–Crippen LogP) is 4.14. The first-order chi connectivity index (χ1) is 9.00. The summed E-state index contributed by atoms with van der Waals surface area (Å²) in [5.74, 6) is 0.237. The largest absolute Gasteiger partial charge is 0.349 e. The van der Waals surface area contributed by atoms with E-state index in [9.17, 15) is 9.18 Å². The summed E-state index contributed by atoms with van der Waals surface area (Å²) >= 11 is 3.11. The molecule has 1 fully saturated rings. The van der Waals surface area contributed by atoms with Crippen molar-refractivity contribution in [3.8, 4) is 0 Å². The van der Waals surface area contributed by atoms with Crippen LogP contribution < -0.4 is 5.32 Å². The molecule has 3 unspecified atom stereocenters. The highest BCUT2D eigenvalue weighted by Gasteiger charge is 2.29. The van der Waals surface area contributed by atoms with E-state index in [0.29, 0.717) is 16.3 Å². The van der Waals surface area contributed by atoms with E-state index in [1.807, 2.05) is 0 Å². The Hall–Kier alpha value is -0.900. The van der Waals surface area contributed by atoms with Crippen molar-refractivity contribution in [2.75, 3.05) is 0 Å². The Morgan fingerprint density at radius 1 is 1.37 bits per heavy atom. The zero-order valence-electron chi connectivity index (χ0n) is 11.2. The topological polar surface area (TPSA) is 29.1 Å². The minimum absolute atomic E-state index is 0.111. The average molecular weight is 328 g/mol. The lowest BCUT2D eigenvalue weighted by molar-refractivity contribution is 0.0887. The fourth-order valence-electron chi connectivity index (χ4n) is 2.71. The van der Waals surface area contributed by atoms with Gasteiger partial charge in [-0.25, -0.2) is 4.39 Å². The highest BCUT2D eigenvalue weighted by molar-refractivity contribution is 9.10. The van der Waals surface area contributed by atoms with Crippen LogP contribution in [-0.4, -0.2) is 11.9 Å². The molecule has 4 heteroatoms. The monoisotopic (exact) mass is 327 g/mol. The third-order valence-corrected chi connectivity index (χ3v) is 4.83. The first-order valence-corrected chi connectivity index (χ1v) is 7.55. The van der Waals surface area contributed by atoms with Crippen LogP contribution in [0.25, 0.3) is 0 Å². The number of nitrogens with one attached hydrogen (secondary N) is 1. The lowest BCUT2D eigenvalue weighted by Crippen LogP contribution is -2.43. The van der Waals surface area contributed by atoms with Gasteiger partial charge in [0, 0.05) is 6.04 Å². The van der Waals surface area contributed by atoms with Gasteiger partial charge < -0.3 is 5.32 Å². The molecule has 3 atom stereocenters. The van der Waals surface area contributed by atoms with E-state index in [-0.39, 0.29) is 17.5 Å². The van der Waals surface area contributed by atoms with Gasteiger partial charge >= 0.3 is 0 Å². The molecule has 1 aromatic carbocycles. The van der Waals surface area contributed by atoms with E-state index in [1.54, 1.807) is 12.1 Å². The number of carbonyl (C=O) groups is 1.